The van der Waals surface area contributed by atoms with Gasteiger partial charge in [0.25, 0.3) is 0 Å². The number of phosphoric acid groups is 1. The Hall–Kier alpha value is -2.56. The summed E-state index contributed by atoms with van der Waals surface area (Å²) in [5.74, 6) is -1.48. The second-order valence-electron chi connectivity index (χ2n) is 21.2. The number of unbranched alkanes of at least 4 members (excludes halogenated alkanes) is 34. The number of ether oxygens (including phenoxy) is 3. The zero-order valence-corrected chi connectivity index (χ0v) is 50.1. The molecule has 0 saturated carbocycles. The third-order valence-electron chi connectivity index (χ3n) is 13.7. The van der Waals surface area contributed by atoms with Crippen molar-refractivity contribution in [3.05, 3.63) is 48.6 Å². The fourth-order valence-electron chi connectivity index (χ4n) is 8.96. The van der Waals surface area contributed by atoms with E-state index in [4.69, 9.17) is 23.3 Å². The molecule has 0 aromatic rings. The van der Waals surface area contributed by atoms with Crippen molar-refractivity contribution in [2.45, 2.75) is 315 Å². The Morgan fingerprint density at radius 1 is 0.382 bits per heavy atom. The van der Waals surface area contributed by atoms with E-state index in [-0.39, 0.29) is 25.9 Å². The first-order chi connectivity index (χ1) is 37.2. The third kappa shape index (κ3) is 56.2. The molecule has 0 saturated heterocycles. The van der Waals surface area contributed by atoms with Crippen molar-refractivity contribution in [3.63, 3.8) is 0 Å². The number of esters is 3. The quantitative estimate of drug-likeness (QED) is 0.0197. The molecule has 0 radical (unpaired) electrons. The van der Waals surface area contributed by atoms with E-state index >= 15 is 0 Å². The SMILES string of the molecule is CC/C=C\C/C=C\C/C=C\CCCCCC(=O)OC(CO)COP(=O)(O)OCC(COC(=O)CCCCCCCCC/C=C\CCCCCCCC)OC(=O)CCCCCCCCCCCCCCCCCCCCC. The van der Waals surface area contributed by atoms with Crippen molar-refractivity contribution in [3.8, 4) is 0 Å². The summed E-state index contributed by atoms with van der Waals surface area (Å²) in [7, 11) is -4.76. The van der Waals surface area contributed by atoms with Crippen LogP contribution in [-0.2, 0) is 42.2 Å². The fraction of sp³-hybridized carbons (Fsp3) is 0.828. The molecule has 0 bridgehead atoms. The van der Waals surface area contributed by atoms with Gasteiger partial charge in [-0.15, -0.1) is 0 Å². The van der Waals surface area contributed by atoms with E-state index in [9.17, 15) is 28.9 Å². The summed E-state index contributed by atoms with van der Waals surface area (Å²) < 4.78 is 39.6. The van der Waals surface area contributed by atoms with Crippen LogP contribution in [0.25, 0.3) is 0 Å². The number of rotatable bonds is 59. The Kier molecular flexibility index (Phi) is 56.6. The van der Waals surface area contributed by atoms with Crippen molar-refractivity contribution < 1.29 is 52.2 Å². The Morgan fingerprint density at radius 3 is 1.08 bits per heavy atom. The molecule has 0 aliphatic carbocycles. The summed E-state index contributed by atoms with van der Waals surface area (Å²) in [5.41, 5.74) is 0. The Morgan fingerprint density at radius 2 is 0.684 bits per heavy atom. The maximum atomic E-state index is 12.9. The number of carbonyl (C=O) groups is 3. The molecule has 0 amide bonds. The molecule has 0 aliphatic rings. The summed E-state index contributed by atoms with van der Waals surface area (Å²) in [5, 5.41) is 9.82. The molecule has 0 rings (SSSR count). The second-order valence-corrected chi connectivity index (χ2v) is 22.7. The van der Waals surface area contributed by atoms with E-state index in [2.05, 4.69) is 69.4 Å². The smallest absolute Gasteiger partial charge is 0.462 e. The Bertz CT molecular complexity index is 1460. The first-order valence-electron chi connectivity index (χ1n) is 31.5. The Labute approximate surface area is 466 Å². The van der Waals surface area contributed by atoms with Crippen LogP contribution in [-0.4, -0.2) is 66.5 Å². The van der Waals surface area contributed by atoms with Gasteiger partial charge in [0.2, 0.25) is 0 Å². The maximum Gasteiger partial charge on any atom is 0.472 e. The van der Waals surface area contributed by atoms with E-state index in [0.717, 1.165) is 83.5 Å². The molecule has 0 heterocycles. The predicted octanol–water partition coefficient (Wildman–Crippen LogP) is 18.9. The van der Waals surface area contributed by atoms with Crippen LogP contribution in [0.3, 0.4) is 0 Å². The lowest BCUT2D eigenvalue weighted by Crippen LogP contribution is -2.30. The van der Waals surface area contributed by atoms with Crippen molar-refractivity contribution >= 4 is 25.7 Å². The minimum Gasteiger partial charge on any atom is -0.462 e. The van der Waals surface area contributed by atoms with Crippen LogP contribution in [0.1, 0.15) is 303 Å². The van der Waals surface area contributed by atoms with Crippen LogP contribution in [0.15, 0.2) is 48.6 Å². The standard InChI is InChI=1S/C64H117O11P/c1-4-7-10-13-16-19-22-25-27-29-30-32-34-37-40-43-46-49-52-55-64(68)75-61(57-71-62(66)53-50-47-44-41-38-36-33-31-28-26-23-20-17-14-11-8-5-2)59-73-76(69,70)72-58-60(56-65)74-63(67)54-51-48-45-42-39-35-24-21-18-15-12-9-6-3/h9,12,18,21,26,28,35,39,60-61,65H,4-8,10-11,13-17,19-20,22-25,27,29-34,36-38,40-59H2,1-3H3,(H,69,70)/b12-9-,21-18-,28-26-,39-35-. The monoisotopic (exact) mass is 1090 g/mol. The maximum absolute atomic E-state index is 12.9. The van der Waals surface area contributed by atoms with E-state index in [1.54, 1.807) is 0 Å². The first kappa shape index (κ1) is 73.4. The number of hydrogen-bond acceptors (Lipinski definition) is 10. The van der Waals surface area contributed by atoms with Crippen LogP contribution in [0.2, 0.25) is 0 Å². The zero-order chi connectivity index (χ0) is 55.5. The molecule has 3 atom stereocenters. The molecule has 3 unspecified atom stereocenters. The minimum absolute atomic E-state index is 0.143. The normalized spacial score (nSPS) is 13.6. The molecule has 2 N–H and O–H groups in total. The van der Waals surface area contributed by atoms with Crippen LogP contribution < -0.4 is 0 Å². The summed E-state index contributed by atoms with van der Waals surface area (Å²) in [6.45, 7) is 4.54. The topological polar surface area (TPSA) is 155 Å². The van der Waals surface area contributed by atoms with Gasteiger partial charge in [0.15, 0.2) is 6.10 Å². The summed E-state index contributed by atoms with van der Waals surface area (Å²) in [6, 6.07) is 0. The Balaban J connectivity index is 4.70. The van der Waals surface area contributed by atoms with Crippen molar-refractivity contribution in [2.75, 3.05) is 26.4 Å². The minimum atomic E-state index is -4.76. The van der Waals surface area contributed by atoms with Gasteiger partial charge in [-0.25, -0.2) is 4.57 Å². The molecule has 0 aromatic heterocycles. The van der Waals surface area contributed by atoms with Gasteiger partial charge in [-0.3, -0.25) is 23.4 Å². The van der Waals surface area contributed by atoms with Crippen molar-refractivity contribution in [1.29, 1.82) is 0 Å². The zero-order valence-electron chi connectivity index (χ0n) is 49.2. The first-order valence-corrected chi connectivity index (χ1v) is 33.0. The molecular formula is C64H117O11P. The van der Waals surface area contributed by atoms with Gasteiger partial charge in [-0.2, -0.15) is 0 Å². The molecular weight excluding hydrogens is 976 g/mol. The highest BCUT2D eigenvalue weighted by Crippen LogP contribution is 2.43. The molecule has 11 nitrogen and oxygen atoms in total. The molecule has 0 aromatic carbocycles. The van der Waals surface area contributed by atoms with Gasteiger partial charge < -0.3 is 24.2 Å². The summed E-state index contributed by atoms with van der Waals surface area (Å²) in [6.07, 6.45) is 63.6. The van der Waals surface area contributed by atoms with Gasteiger partial charge >= 0.3 is 25.7 Å². The van der Waals surface area contributed by atoms with E-state index in [0.29, 0.717) is 19.3 Å². The average Bonchev–Trinajstić information content (AvgIpc) is 3.41. The lowest BCUT2D eigenvalue weighted by molar-refractivity contribution is -0.161. The van der Waals surface area contributed by atoms with Crippen molar-refractivity contribution in [1.82, 2.24) is 0 Å². The molecule has 76 heavy (non-hydrogen) atoms. The fourth-order valence-corrected chi connectivity index (χ4v) is 9.74. The molecule has 0 aliphatic heterocycles. The van der Waals surface area contributed by atoms with Crippen LogP contribution >= 0.6 is 7.82 Å². The van der Waals surface area contributed by atoms with Crippen LogP contribution in [0.5, 0.6) is 0 Å². The van der Waals surface area contributed by atoms with Gasteiger partial charge in [0, 0.05) is 19.3 Å². The number of aliphatic hydroxyl groups excluding tert-OH is 1. The molecule has 12 heteroatoms. The second kappa shape index (κ2) is 58.6. The molecule has 444 valence electrons. The van der Waals surface area contributed by atoms with Gasteiger partial charge in [0.05, 0.1) is 19.8 Å². The van der Waals surface area contributed by atoms with Gasteiger partial charge in [0.1, 0.15) is 12.7 Å². The lowest BCUT2D eigenvalue weighted by Gasteiger charge is -2.21. The van der Waals surface area contributed by atoms with E-state index in [1.807, 2.05) is 0 Å². The van der Waals surface area contributed by atoms with E-state index in [1.165, 1.54) is 161 Å². The number of allylic oxidation sites excluding steroid dienone is 8. The highest BCUT2D eigenvalue weighted by molar-refractivity contribution is 7.47. The lowest BCUT2D eigenvalue weighted by atomic mass is 10.0. The molecule has 0 spiro atoms. The number of hydrogen-bond donors (Lipinski definition) is 2. The van der Waals surface area contributed by atoms with Gasteiger partial charge in [-0.05, 0) is 77.0 Å². The highest BCUT2D eigenvalue weighted by atomic mass is 31.2. The van der Waals surface area contributed by atoms with Crippen molar-refractivity contribution in [2.24, 2.45) is 0 Å². The van der Waals surface area contributed by atoms with Gasteiger partial charge in [-0.1, -0.05) is 256 Å². The number of phosphoric ester groups is 1. The summed E-state index contributed by atoms with van der Waals surface area (Å²) in [4.78, 5) is 48.7. The molecule has 0 fully saturated rings. The number of carbonyl (C=O) groups excluding carboxylic acids is 3. The van der Waals surface area contributed by atoms with Crippen LogP contribution in [0.4, 0.5) is 0 Å². The predicted molar refractivity (Wildman–Crippen MR) is 316 cm³/mol. The largest absolute Gasteiger partial charge is 0.472 e. The number of aliphatic hydroxyl groups is 1. The average molecular weight is 1090 g/mol. The highest BCUT2D eigenvalue weighted by Gasteiger charge is 2.28. The summed E-state index contributed by atoms with van der Waals surface area (Å²) >= 11 is 0. The van der Waals surface area contributed by atoms with E-state index < -0.39 is 57.8 Å². The van der Waals surface area contributed by atoms with Crippen LogP contribution in [0, 0.1) is 0 Å². The third-order valence-corrected chi connectivity index (χ3v) is 14.7.